The minimum Gasteiger partial charge on any atom is -0.379 e. The summed E-state index contributed by atoms with van der Waals surface area (Å²) < 4.78 is 37.1. The van der Waals surface area contributed by atoms with Crippen molar-refractivity contribution in [3.63, 3.8) is 0 Å². The van der Waals surface area contributed by atoms with Gasteiger partial charge in [-0.15, -0.1) is 0 Å². The maximum Gasteiger partial charge on any atom is 0.229 e. The van der Waals surface area contributed by atoms with Crippen LogP contribution < -0.4 is 15.5 Å². The first-order valence-corrected chi connectivity index (χ1v) is 13.3. The van der Waals surface area contributed by atoms with E-state index in [0.717, 1.165) is 30.0 Å². The molecule has 39 heavy (non-hydrogen) atoms. The second-order valence-electron chi connectivity index (χ2n) is 10.3. The lowest BCUT2D eigenvalue weighted by atomic mass is 10.1. The third-order valence-electron chi connectivity index (χ3n) is 7.20. The van der Waals surface area contributed by atoms with Crippen LogP contribution in [0.1, 0.15) is 19.4 Å². The van der Waals surface area contributed by atoms with Gasteiger partial charge in [0.1, 0.15) is 23.1 Å². The summed E-state index contributed by atoms with van der Waals surface area (Å²) in [5.74, 6) is 0.133. The molecule has 0 aliphatic carbocycles. The van der Waals surface area contributed by atoms with Gasteiger partial charge >= 0.3 is 0 Å². The van der Waals surface area contributed by atoms with Crippen molar-refractivity contribution in [3.8, 4) is 5.69 Å². The average Bonchev–Trinajstić information content (AvgIpc) is 3.34. The molecule has 11 heteroatoms. The number of pyridine rings is 1. The minimum absolute atomic E-state index is 0.0646. The fourth-order valence-corrected chi connectivity index (χ4v) is 5.34. The van der Waals surface area contributed by atoms with Crippen LogP contribution in [-0.2, 0) is 11.3 Å². The molecule has 0 spiro atoms. The van der Waals surface area contributed by atoms with Crippen LogP contribution in [0.5, 0.6) is 0 Å². The smallest absolute Gasteiger partial charge is 0.229 e. The SMILES string of the molecule is CC1CN(c2ccc(Nc3ncc4ccn(-c5cc(F)c(CN6CCOCC6)c(F)c5)c4n3)cn2)CC(C)N1. The zero-order chi connectivity index (χ0) is 26.9. The van der Waals surface area contributed by atoms with E-state index in [-0.39, 0.29) is 12.1 Å². The standard InChI is InChI=1S/C28H32F2N8O/c1-18-15-37(16-19(2)33-18)26-4-3-21(14-31-26)34-28-32-13-20-5-6-38(27(20)35-28)22-11-24(29)23(25(30)12-22)17-36-7-9-39-10-8-36/h3-6,11-14,18-19,33H,7-10,15-17H2,1-2H3,(H,32,34,35). The molecule has 9 nitrogen and oxygen atoms in total. The van der Waals surface area contributed by atoms with Crippen molar-refractivity contribution < 1.29 is 13.5 Å². The molecule has 0 radical (unpaired) electrons. The number of nitrogens with one attached hydrogen (secondary N) is 2. The van der Waals surface area contributed by atoms with Crippen LogP contribution >= 0.6 is 0 Å². The van der Waals surface area contributed by atoms with Crippen molar-refractivity contribution in [1.29, 1.82) is 0 Å². The highest BCUT2D eigenvalue weighted by molar-refractivity contribution is 5.78. The van der Waals surface area contributed by atoms with Gasteiger partial charge in [0, 0.05) is 68.2 Å². The van der Waals surface area contributed by atoms with E-state index in [1.807, 2.05) is 23.1 Å². The molecule has 0 bridgehead atoms. The molecule has 0 amide bonds. The fraction of sp³-hybridized carbons (Fsp3) is 0.393. The van der Waals surface area contributed by atoms with E-state index in [0.29, 0.717) is 55.7 Å². The number of aromatic nitrogens is 4. The number of benzene rings is 1. The maximum absolute atomic E-state index is 15.1. The fourth-order valence-electron chi connectivity index (χ4n) is 5.34. The van der Waals surface area contributed by atoms with Gasteiger partial charge in [0.2, 0.25) is 5.95 Å². The van der Waals surface area contributed by atoms with Gasteiger partial charge in [-0.25, -0.2) is 18.7 Å². The summed E-state index contributed by atoms with van der Waals surface area (Å²) in [7, 11) is 0. The van der Waals surface area contributed by atoms with Crippen LogP contribution in [0.3, 0.4) is 0 Å². The van der Waals surface area contributed by atoms with Crippen molar-refractivity contribution in [1.82, 2.24) is 29.7 Å². The average molecular weight is 535 g/mol. The highest BCUT2D eigenvalue weighted by atomic mass is 19.1. The van der Waals surface area contributed by atoms with Crippen LogP contribution in [0.15, 0.2) is 48.9 Å². The summed E-state index contributed by atoms with van der Waals surface area (Å²) >= 11 is 0. The van der Waals surface area contributed by atoms with E-state index in [9.17, 15) is 0 Å². The van der Waals surface area contributed by atoms with Gasteiger partial charge in [0.05, 0.1) is 30.8 Å². The Labute approximate surface area is 225 Å². The normalized spacial score (nSPS) is 20.5. The number of ether oxygens (including phenoxy) is 1. The van der Waals surface area contributed by atoms with Crippen LogP contribution in [0.4, 0.5) is 26.2 Å². The molecule has 2 N–H and O–H groups in total. The monoisotopic (exact) mass is 534 g/mol. The van der Waals surface area contributed by atoms with Crippen molar-refractivity contribution in [2.75, 3.05) is 49.6 Å². The molecule has 4 aromatic rings. The molecular weight excluding hydrogens is 502 g/mol. The Kier molecular flexibility index (Phi) is 7.11. The van der Waals surface area contributed by atoms with Crippen molar-refractivity contribution in [3.05, 3.63) is 66.1 Å². The van der Waals surface area contributed by atoms with Gasteiger partial charge in [0.25, 0.3) is 0 Å². The second kappa shape index (κ2) is 10.8. The van der Waals surface area contributed by atoms with Crippen LogP contribution in [0.2, 0.25) is 0 Å². The molecule has 204 valence electrons. The van der Waals surface area contributed by atoms with Crippen molar-refractivity contribution in [2.45, 2.75) is 32.5 Å². The van der Waals surface area contributed by atoms with E-state index in [1.165, 1.54) is 12.1 Å². The van der Waals surface area contributed by atoms with Crippen molar-refractivity contribution >= 4 is 28.5 Å². The molecular formula is C28H32F2N8O. The molecule has 2 saturated heterocycles. The number of piperazine rings is 1. The molecule has 0 saturated carbocycles. The lowest BCUT2D eigenvalue weighted by Gasteiger charge is -2.36. The van der Waals surface area contributed by atoms with E-state index in [1.54, 1.807) is 23.2 Å². The third kappa shape index (κ3) is 5.56. The molecule has 2 unspecified atom stereocenters. The summed E-state index contributed by atoms with van der Waals surface area (Å²) in [6, 6.07) is 9.26. The minimum atomic E-state index is -0.579. The predicted octanol–water partition coefficient (Wildman–Crippen LogP) is 3.86. The van der Waals surface area contributed by atoms with Crippen LogP contribution in [0, 0.1) is 11.6 Å². The molecule has 6 rings (SSSR count). The number of halogens is 2. The summed E-state index contributed by atoms with van der Waals surface area (Å²) in [4.78, 5) is 18.0. The van der Waals surface area contributed by atoms with Gasteiger partial charge in [-0.2, -0.15) is 4.98 Å². The van der Waals surface area contributed by atoms with Gasteiger partial charge in [0.15, 0.2) is 0 Å². The Morgan fingerprint density at radius 1 is 1.00 bits per heavy atom. The summed E-state index contributed by atoms with van der Waals surface area (Å²) in [5.41, 5.74) is 1.72. The third-order valence-corrected chi connectivity index (χ3v) is 7.20. The number of nitrogens with zero attached hydrogens (tertiary/aromatic N) is 6. The first-order chi connectivity index (χ1) is 18.9. The Bertz CT molecular complexity index is 1420. The Balaban J connectivity index is 1.21. The Morgan fingerprint density at radius 2 is 1.74 bits per heavy atom. The highest BCUT2D eigenvalue weighted by Gasteiger charge is 2.22. The number of rotatable bonds is 6. The topological polar surface area (TPSA) is 83.4 Å². The largest absolute Gasteiger partial charge is 0.379 e. The van der Waals surface area contributed by atoms with E-state index in [4.69, 9.17) is 4.74 Å². The maximum atomic E-state index is 15.1. The summed E-state index contributed by atoms with van der Waals surface area (Å²) in [6.07, 6.45) is 5.19. The number of hydrogen-bond acceptors (Lipinski definition) is 8. The lowest BCUT2D eigenvalue weighted by Crippen LogP contribution is -2.54. The second-order valence-corrected chi connectivity index (χ2v) is 10.3. The Hall–Kier alpha value is -3.67. The van der Waals surface area contributed by atoms with Gasteiger partial charge in [-0.1, -0.05) is 0 Å². The zero-order valence-corrected chi connectivity index (χ0v) is 22.1. The van der Waals surface area contributed by atoms with Gasteiger partial charge in [-0.3, -0.25) is 4.90 Å². The lowest BCUT2D eigenvalue weighted by molar-refractivity contribution is 0.0332. The molecule has 2 atom stereocenters. The molecule has 2 aliphatic rings. The van der Waals surface area contributed by atoms with Gasteiger partial charge < -0.3 is 24.8 Å². The van der Waals surface area contributed by atoms with E-state index in [2.05, 4.69) is 44.3 Å². The predicted molar refractivity (Wildman–Crippen MR) is 147 cm³/mol. The van der Waals surface area contributed by atoms with Crippen LogP contribution in [0.25, 0.3) is 16.7 Å². The van der Waals surface area contributed by atoms with Gasteiger partial charge in [-0.05, 0) is 44.2 Å². The highest BCUT2D eigenvalue weighted by Crippen LogP contribution is 2.25. The quantitative estimate of drug-likeness (QED) is 0.386. The number of fused-ring (bicyclic) bond motifs is 1. The number of hydrogen-bond donors (Lipinski definition) is 2. The molecule has 3 aromatic heterocycles. The van der Waals surface area contributed by atoms with E-state index < -0.39 is 11.6 Å². The molecule has 1 aromatic carbocycles. The molecule has 5 heterocycles. The van der Waals surface area contributed by atoms with Crippen LogP contribution in [-0.4, -0.2) is 75.9 Å². The van der Waals surface area contributed by atoms with E-state index >= 15 is 8.78 Å². The first kappa shape index (κ1) is 25.6. The number of morpholine rings is 1. The zero-order valence-electron chi connectivity index (χ0n) is 22.1. The van der Waals surface area contributed by atoms with Crippen molar-refractivity contribution in [2.24, 2.45) is 0 Å². The Morgan fingerprint density at radius 3 is 2.44 bits per heavy atom. The number of anilines is 3. The summed E-state index contributed by atoms with van der Waals surface area (Å²) in [5, 5.41) is 7.48. The summed E-state index contributed by atoms with van der Waals surface area (Å²) in [6.45, 7) is 8.80. The molecule has 2 fully saturated rings. The molecule has 2 aliphatic heterocycles. The first-order valence-electron chi connectivity index (χ1n) is 13.3.